The van der Waals surface area contributed by atoms with Gasteiger partial charge in [-0.2, -0.15) is 4.98 Å². The van der Waals surface area contributed by atoms with Gasteiger partial charge in [0.2, 0.25) is 11.1 Å². The van der Waals surface area contributed by atoms with Crippen LogP contribution in [0.25, 0.3) is 0 Å². The van der Waals surface area contributed by atoms with E-state index in [1.807, 2.05) is 19.9 Å². The molecule has 0 bridgehead atoms. The summed E-state index contributed by atoms with van der Waals surface area (Å²) in [4.78, 5) is 16.4. The number of carbonyl (C=O) groups is 1. The van der Waals surface area contributed by atoms with Crippen LogP contribution < -0.4 is 5.73 Å². The van der Waals surface area contributed by atoms with Gasteiger partial charge < -0.3 is 15.0 Å². The van der Waals surface area contributed by atoms with E-state index >= 15 is 0 Å². The second kappa shape index (κ2) is 6.97. The summed E-state index contributed by atoms with van der Waals surface area (Å²) in [7, 11) is 1.68. The van der Waals surface area contributed by atoms with Gasteiger partial charge in [-0.1, -0.05) is 11.8 Å². The predicted molar refractivity (Wildman–Crippen MR) is 86.3 cm³/mol. The Kier molecular flexibility index (Phi) is 5.25. The van der Waals surface area contributed by atoms with Gasteiger partial charge in [-0.25, -0.2) is 5.10 Å². The van der Waals surface area contributed by atoms with E-state index in [4.69, 9.17) is 10.5 Å². The number of anilines is 1. The van der Waals surface area contributed by atoms with E-state index in [0.29, 0.717) is 11.8 Å². The molecule has 0 fully saturated rings. The van der Waals surface area contributed by atoms with Crippen molar-refractivity contribution in [3.8, 4) is 0 Å². The van der Waals surface area contributed by atoms with Crippen LogP contribution in [0.4, 0.5) is 5.95 Å². The monoisotopic (exact) mass is 323 g/mol. The fraction of sp³-hybridized carbons (Fsp3) is 0.500. The Bertz CT molecular complexity index is 664. The number of H-pyrrole nitrogens is 1. The van der Waals surface area contributed by atoms with Crippen molar-refractivity contribution in [1.29, 1.82) is 0 Å². The maximum atomic E-state index is 12.4. The lowest BCUT2D eigenvalue weighted by Crippen LogP contribution is -2.14. The Morgan fingerprint density at radius 3 is 2.86 bits per heavy atom. The molecule has 2 aromatic rings. The minimum absolute atomic E-state index is 0.0531. The van der Waals surface area contributed by atoms with E-state index < -0.39 is 0 Å². The highest BCUT2D eigenvalue weighted by Gasteiger charge is 2.19. The Hall–Kier alpha value is -1.80. The van der Waals surface area contributed by atoms with Crippen molar-refractivity contribution in [2.24, 2.45) is 0 Å². The first-order valence-electron chi connectivity index (χ1n) is 6.95. The van der Waals surface area contributed by atoms with E-state index in [1.165, 1.54) is 11.8 Å². The number of aryl methyl sites for hydroxylation is 1. The van der Waals surface area contributed by atoms with Gasteiger partial charge in [-0.05, 0) is 26.8 Å². The molecule has 2 rings (SSSR count). The van der Waals surface area contributed by atoms with Crippen molar-refractivity contribution in [2.45, 2.75) is 32.0 Å². The molecule has 22 heavy (non-hydrogen) atoms. The van der Waals surface area contributed by atoms with Gasteiger partial charge >= 0.3 is 0 Å². The highest BCUT2D eigenvalue weighted by Crippen LogP contribution is 2.23. The number of Topliss-reactive ketones (excluding diaryl/α,β-unsaturated/α-hetero) is 1. The predicted octanol–water partition coefficient (Wildman–Crippen LogP) is 1.99. The maximum absolute atomic E-state index is 12.4. The minimum Gasteiger partial charge on any atom is -0.383 e. The number of methoxy groups -OCH3 is 1. The van der Waals surface area contributed by atoms with Crippen molar-refractivity contribution >= 4 is 23.5 Å². The van der Waals surface area contributed by atoms with Crippen molar-refractivity contribution < 1.29 is 9.53 Å². The van der Waals surface area contributed by atoms with Crippen LogP contribution in [-0.4, -0.2) is 45.0 Å². The summed E-state index contributed by atoms with van der Waals surface area (Å²) in [5.74, 6) is 0.583. The molecule has 0 amide bonds. The number of nitrogen functional groups attached to an aromatic ring is 1. The van der Waals surface area contributed by atoms with Crippen LogP contribution in [0, 0.1) is 13.8 Å². The first kappa shape index (κ1) is 16.6. The number of aromatic amines is 1. The molecule has 0 saturated heterocycles. The topological polar surface area (TPSA) is 98.8 Å². The number of thioether (sulfide) groups is 1. The Morgan fingerprint density at radius 1 is 1.55 bits per heavy atom. The Balaban J connectivity index is 2.11. The second-order valence-corrected chi connectivity index (χ2v) is 6.12. The molecule has 3 N–H and O–H groups in total. The molecule has 0 aliphatic carbocycles. The van der Waals surface area contributed by atoms with Crippen LogP contribution in [0.3, 0.4) is 0 Å². The standard InChI is InChI=1S/C14H21N5O2S/c1-8-5-11(10(3)19(8)9(2)6-21-4)12(20)7-22-14-16-13(15)17-18-14/h5,9H,6-7H2,1-4H3,(H3,15,16,17,18)/t9-/m0/s1. The Morgan fingerprint density at radius 2 is 2.27 bits per heavy atom. The largest absolute Gasteiger partial charge is 0.383 e. The Labute approximate surface area is 133 Å². The van der Waals surface area contributed by atoms with E-state index in [0.717, 1.165) is 17.0 Å². The summed E-state index contributed by atoms with van der Waals surface area (Å²) in [6.45, 7) is 6.64. The summed E-state index contributed by atoms with van der Waals surface area (Å²) in [6, 6.07) is 2.11. The summed E-state index contributed by atoms with van der Waals surface area (Å²) >= 11 is 1.27. The van der Waals surface area contributed by atoms with Crippen LogP contribution in [0.2, 0.25) is 0 Å². The quantitative estimate of drug-likeness (QED) is 0.597. The molecular weight excluding hydrogens is 302 g/mol. The lowest BCUT2D eigenvalue weighted by atomic mass is 10.2. The van der Waals surface area contributed by atoms with Crippen molar-refractivity contribution in [1.82, 2.24) is 19.7 Å². The third-order valence-corrected chi connectivity index (χ3v) is 4.30. The highest BCUT2D eigenvalue weighted by atomic mass is 32.2. The number of carbonyl (C=O) groups excluding carboxylic acids is 1. The average Bonchev–Trinajstić information content (AvgIpc) is 3.00. The molecule has 0 aliphatic rings. The van der Waals surface area contributed by atoms with E-state index in [2.05, 4.69) is 26.7 Å². The van der Waals surface area contributed by atoms with Crippen LogP contribution in [0.5, 0.6) is 0 Å². The molecule has 0 unspecified atom stereocenters. The fourth-order valence-electron chi connectivity index (χ4n) is 2.58. The van der Waals surface area contributed by atoms with Gasteiger partial charge in [-0.3, -0.25) is 4.79 Å². The molecule has 0 radical (unpaired) electrons. The highest BCUT2D eigenvalue weighted by molar-refractivity contribution is 7.99. The molecule has 0 aliphatic heterocycles. The van der Waals surface area contributed by atoms with Crippen molar-refractivity contribution in [2.75, 3.05) is 25.2 Å². The molecule has 1 atom stereocenters. The number of nitrogens with zero attached hydrogens (tertiary/aromatic N) is 3. The first-order valence-corrected chi connectivity index (χ1v) is 7.93. The number of aromatic nitrogens is 4. The van der Waals surface area contributed by atoms with Gasteiger partial charge in [0.1, 0.15) is 0 Å². The molecule has 8 heteroatoms. The summed E-state index contributed by atoms with van der Waals surface area (Å²) in [5.41, 5.74) is 8.21. The minimum atomic E-state index is 0.0531. The number of ketones is 1. The zero-order valence-corrected chi connectivity index (χ0v) is 14.0. The van der Waals surface area contributed by atoms with Crippen molar-refractivity contribution in [3.63, 3.8) is 0 Å². The number of rotatable bonds is 7. The van der Waals surface area contributed by atoms with E-state index in [9.17, 15) is 4.79 Å². The van der Waals surface area contributed by atoms with E-state index in [1.54, 1.807) is 7.11 Å². The summed E-state index contributed by atoms with van der Waals surface area (Å²) < 4.78 is 7.33. The molecule has 120 valence electrons. The maximum Gasteiger partial charge on any atom is 0.216 e. The second-order valence-electron chi connectivity index (χ2n) is 5.17. The van der Waals surface area contributed by atoms with Gasteiger partial charge in [0.05, 0.1) is 18.4 Å². The zero-order valence-electron chi connectivity index (χ0n) is 13.2. The SMILES string of the molecule is COC[C@H](C)n1c(C)cc(C(=O)CSc2n[nH]c(N)n2)c1C. The van der Waals surface area contributed by atoms with Crippen LogP contribution >= 0.6 is 11.8 Å². The van der Waals surface area contributed by atoms with Gasteiger partial charge in [0, 0.05) is 24.1 Å². The number of ether oxygens (including phenoxy) is 1. The molecule has 2 heterocycles. The molecule has 0 spiro atoms. The van der Waals surface area contributed by atoms with Gasteiger partial charge in [0.25, 0.3) is 0 Å². The van der Waals surface area contributed by atoms with Crippen LogP contribution in [0.15, 0.2) is 11.2 Å². The third kappa shape index (κ3) is 3.50. The summed E-state index contributed by atoms with van der Waals surface area (Å²) in [6.07, 6.45) is 0. The molecular formula is C14H21N5O2S. The normalized spacial score (nSPS) is 12.5. The lowest BCUT2D eigenvalue weighted by molar-refractivity contribution is 0.102. The van der Waals surface area contributed by atoms with E-state index in [-0.39, 0.29) is 23.5 Å². The molecule has 2 aromatic heterocycles. The first-order chi connectivity index (χ1) is 10.4. The lowest BCUT2D eigenvalue weighted by Gasteiger charge is -2.17. The molecule has 7 nitrogen and oxygen atoms in total. The number of hydrogen-bond acceptors (Lipinski definition) is 6. The fourth-order valence-corrected chi connectivity index (χ4v) is 3.27. The number of nitrogens with one attached hydrogen (secondary N) is 1. The summed E-state index contributed by atoms with van der Waals surface area (Å²) in [5, 5.41) is 6.94. The van der Waals surface area contributed by atoms with Gasteiger partial charge in [0.15, 0.2) is 5.78 Å². The molecule has 0 aromatic carbocycles. The van der Waals surface area contributed by atoms with Crippen molar-refractivity contribution in [3.05, 3.63) is 23.0 Å². The molecule has 0 saturated carbocycles. The number of nitrogens with two attached hydrogens (primary N) is 1. The third-order valence-electron chi connectivity index (χ3n) is 3.45. The van der Waals surface area contributed by atoms with Crippen LogP contribution in [0.1, 0.15) is 34.7 Å². The zero-order chi connectivity index (χ0) is 16.3. The van der Waals surface area contributed by atoms with Crippen LogP contribution in [-0.2, 0) is 4.74 Å². The number of hydrogen-bond donors (Lipinski definition) is 2. The van der Waals surface area contributed by atoms with Gasteiger partial charge in [-0.15, -0.1) is 5.10 Å². The smallest absolute Gasteiger partial charge is 0.216 e. The average molecular weight is 323 g/mol.